The number of rotatable bonds is 4. The van der Waals surface area contributed by atoms with E-state index in [0.29, 0.717) is 16.1 Å². The summed E-state index contributed by atoms with van der Waals surface area (Å²) in [5.41, 5.74) is 7.99. The van der Waals surface area contributed by atoms with E-state index in [1.54, 1.807) is 18.2 Å². The zero-order valence-electron chi connectivity index (χ0n) is 11.8. The molecule has 0 atom stereocenters. The van der Waals surface area contributed by atoms with Gasteiger partial charge in [0.15, 0.2) is 0 Å². The van der Waals surface area contributed by atoms with Crippen LogP contribution in [0.25, 0.3) is 21.7 Å². The third kappa shape index (κ3) is 2.82. The number of nitrogens with two attached hydrogens (primary N) is 1. The minimum Gasteiger partial charge on any atom is -0.366 e. The molecule has 0 radical (unpaired) electrons. The number of aromatic nitrogens is 1. The Morgan fingerprint density at radius 3 is 2.26 bits per heavy atom. The molecular weight excluding hydrogens is 314 g/mol. The van der Waals surface area contributed by atoms with E-state index in [1.165, 1.54) is 6.20 Å². The fourth-order valence-electron chi connectivity index (χ4n) is 2.31. The summed E-state index contributed by atoms with van der Waals surface area (Å²) in [4.78, 5) is 26.2. The van der Waals surface area contributed by atoms with Gasteiger partial charge in [0.05, 0.1) is 4.92 Å². The molecule has 0 aliphatic rings. The normalized spacial score (nSPS) is 10.4. The van der Waals surface area contributed by atoms with Gasteiger partial charge in [-0.3, -0.25) is 14.9 Å². The predicted molar refractivity (Wildman–Crippen MR) is 88.2 cm³/mol. The molecule has 6 nitrogen and oxygen atoms in total. The first-order valence-corrected chi connectivity index (χ1v) is 7.48. The molecule has 114 valence electrons. The lowest BCUT2D eigenvalue weighted by molar-refractivity contribution is -0.380. The van der Waals surface area contributed by atoms with Gasteiger partial charge >= 0.3 is 5.00 Å². The molecule has 3 rings (SSSR count). The van der Waals surface area contributed by atoms with Crippen LogP contribution < -0.4 is 5.73 Å². The van der Waals surface area contributed by atoms with Crippen molar-refractivity contribution in [3.63, 3.8) is 0 Å². The Labute approximate surface area is 135 Å². The Kier molecular flexibility index (Phi) is 3.86. The van der Waals surface area contributed by atoms with Gasteiger partial charge in [-0.25, -0.2) is 4.98 Å². The van der Waals surface area contributed by atoms with E-state index in [-0.39, 0.29) is 5.00 Å². The zero-order valence-corrected chi connectivity index (χ0v) is 12.6. The maximum absolute atomic E-state index is 11.7. The van der Waals surface area contributed by atoms with Crippen LogP contribution in [0.4, 0.5) is 5.00 Å². The lowest BCUT2D eigenvalue weighted by Gasteiger charge is -2.10. The van der Waals surface area contributed by atoms with Gasteiger partial charge in [0.2, 0.25) is 5.91 Å². The fourth-order valence-corrected chi connectivity index (χ4v) is 3.08. The Hall–Kier alpha value is -3.06. The number of nitrogens with zero attached hydrogens (tertiary/aromatic N) is 2. The number of hydrogen-bond acceptors (Lipinski definition) is 5. The lowest BCUT2D eigenvalue weighted by atomic mass is 9.95. The van der Waals surface area contributed by atoms with Crippen LogP contribution in [0.2, 0.25) is 0 Å². The molecule has 23 heavy (non-hydrogen) atoms. The summed E-state index contributed by atoms with van der Waals surface area (Å²) in [6, 6.07) is 14.3. The highest BCUT2D eigenvalue weighted by Gasteiger charge is 2.18. The number of amides is 1. The van der Waals surface area contributed by atoms with Crippen molar-refractivity contribution in [3.8, 4) is 21.7 Å². The van der Waals surface area contributed by atoms with E-state index < -0.39 is 10.8 Å². The van der Waals surface area contributed by atoms with Gasteiger partial charge in [-0.05, 0) is 28.5 Å². The number of benzene rings is 2. The number of carbonyl (C=O) groups is 1. The van der Waals surface area contributed by atoms with E-state index >= 15 is 0 Å². The Bertz CT molecular complexity index is 905. The highest BCUT2D eigenvalue weighted by atomic mass is 32.1. The van der Waals surface area contributed by atoms with Crippen molar-refractivity contribution < 1.29 is 9.72 Å². The first-order valence-electron chi connectivity index (χ1n) is 6.66. The second-order valence-electron chi connectivity index (χ2n) is 4.72. The second-order valence-corrected chi connectivity index (χ2v) is 5.73. The molecule has 0 spiro atoms. The van der Waals surface area contributed by atoms with Crippen molar-refractivity contribution in [2.24, 2.45) is 5.73 Å². The van der Waals surface area contributed by atoms with Crippen LogP contribution in [-0.2, 0) is 0 Å². The van der Waals surface area contributed by atoms with E-state index in [1.807, 2.05) is 30.3 Å². The molecule has 2 aromatic carbocycles. The summed E-state index contributed by atoms with van der Waals surface area (Å²) in [6.07, 6.45) is 1.23. The fraction of sp³-hybridized carbons (Fsp3) is 0. The average molecular weight is 325 g/mol. The Morgan fingerprint density at radius 2 is 1.65 bits per heavy atom. The van der Waals surface area contributed by atoms with Crippen molar-refractivity contribution in [2.45, 2.75) is 0 Å². The molecule has 7 heteroatoms. The van der Waals surface area contributed by atoms with Gasteiger partial charge in [-0.1, -0.05) is 42.5 Å². The van der Waals surface area contributed by atoms with Gasteiger partial charge in [0, 0.05) is 11.1 Å². The molecule has 0 aliphatic heterocycles. The minimum absolute atomic E-state index is 0.0296. The van der Waals surface area contributed by atoms with Crippen LogP contribution in [-0.4, -0.2) is 15.8 Å². The average Bonchev–Trinajstić information content (AvgIpc) is 3.05. The molecule has 1 heterocycles. The van der Waals surface area contributed by atoms with Gasteiger partial charge in [0.1, 0.15) is 11.2 Å². The number of thiazole rings is 1. The summed E-state index contributed by atoms with van der Waals surface area (Å²) >= 11 is 0.991. The minimum atomic E-state index is -0.527. The van der Waals surface area contributed by atoms with Crippen LogP contribution in [0.1, 0.15) is 10.4 Å². The van der Waals surface area contributed by atoms with Crippen molar-refractivity contribution in [1.82, 2.24) is 4.98 Å². The van der Waals surface area contributed by atoms with Gasteiger partial charge in [0.25, 0.3) is 0 Å². The van der Waals surface area contributed by atoms with Gasteiger partial charge < -0.3 is 5.73 Å². The van der Waals surface area contributed by atoms with Crippen LogP contribution in [0.5, 0.6) is 0 Å². The molecular formula is C16H11N3O3S. The molecule has 1 aromatic heterocycles. The number of primary amides is 1. The SMILES string of the molecule is NC(=O)c1ccccc1-c1ccccc1-c1ncc([N+](=O)[O-])s1. The molecule has 3 aromatic rings. The number of nitro groups is 1. The third-order valence-electron chi connectivity index (χ3n) is 3.31. The topological polar surface area (TPSA) is 99.1 Å². The highest BCUT2D eigenvalue weighted by Crippen LogP contribution is 2.37. The first-order chi connectivity index (χ1) is 11.1. The summed E-state index contributed by atoms with van der Waals surface area (Å²) in [5.74, 6) is -0.527. The van der Waals surface area contributed by atoms with E-state index in [9.17, 15) is 14.9 Å². The monoisotopic (exact) mass is 325 g/mol. The van der Waals surface area contributed by atoms with Gasteiger partial charge in [-0.15, -0.1) is 0 Å². The van der Waals surface area contributed by atoms with Crippen molar-refractivity contribution in [2.75, 3.05) is 0 Å². The van der Waals surface area contributed by atoms with Crippen molar-refractivity contribution in [1.29, 1.82) is 0 Å². The Balaban J connectivity index is 2.19. The van der Waals surface area contributed by atoms with E-state index in [0.717, 1.165) is 22.5 Å². The molecule has 0 unspecified atom stereocenters. The summed E-state index contributed by atoms with van der Waals surface area (Å²) in [6.45, 7) is 0. The number of hydrogen-bond donors (Lipinski definition) is 1. The maximum atomic E-state index is 11.7. The second kappa shape index (κ2) is 5.98. The quantitative estimate of drug-likeness (QED) is 0.586. The van der Waals surface area contributed by atoms with Crippen LogP contribution in [0.15, 0.2) is 54.7 Å². The Morgan fingerprint density at radius 1 is 1.04 bits per heavy atom. The molecule has 0 bridgehead atoms. The lowest BCUT2D eigenvalue weighted by Crippen LogP contribution is -2.12. The van der Waals surface area contributed by atoms with Crippen LogP contribution in [0.3, 0.4) is 0 Å². The van der Waals surface area contributed by atoms with Crippen LogP contribution in [0, 0.1) is 10.1 Å². The highest BCUT2D eigenvalue weighted by molar-refractivity contribution is 7.18. The van der Waals surface area contributed by atoms with E-state index in [2.05, 4.69) is 4.98 Å². The smallest absolute Gasteiger partial charge is 0.344 e. The van der Waals surface area contributed by atoms with Crippen molar-refractivity contribution in [3.05, 3.63) is 70.4 Å². The predicted octanol–water partition coefficient (Wildman–Crippen LogP) is 3.48. The van der Waals surface area contributed by atoms with Crippen LogP contribution >= 0.6 is 11.3 Å². The maximum Gasteiger partial charge on any atom is 0.344 e. The molecule has 0 aliphatic carbocycles. The number of carbonyl (C=O) groups excluding carboxylic acids is 1. The standard InChI is InChI=1S/C16H11N3O3S/c17-15(20)12-7-3-1-5-10(12)11-6-2-4-8-13(11)16-18-9-14(23-16)19(21)22/h1-9H,(H2,17,20). The van der Waals surface area contributed by atoms with E-state index in [4.69, 9.17) is 5.73 Å². The summed E-state index contributed by atoms with van der Waals surface area (Å²) < 4.78 is 0. The molecule has 0 fully saturated rings. The largest absolute Gasteiger partial charge is 0.366 e. The molecule has 1 amide bonds. The molecule has 0 saturated carbocycles. The summed E-state index contributed by atoms with van der Waals surface area (Å²) in [5, 5.41) is 11.3. The molecule has 2 N–H and O–H groups in total. The molecule has 0 saturated heterocycles. The summed E-state index contributed by atoms with van der Waals surface area (Å²) in [7, 11) is 0. The van der Waals surface area contributed by atoms with Crippen molar-refractivity contribution >= 4 is 22.2 Å². The third-order valence-corrected chi connectivity index (χ3v) is 4.30. The van der Waals surface area contributed by atoms with Gasteiger partial charge in [-0.2, -0.15) is 0 Å². The zero-order chi connectivity index (χ0) is 16.4. The first kappa shape index (κ1) is 14.9.